The summed E-state index contributed by atoms with van der Waals surface area (Å²) in [6.07, 6.45) is 2.08. The molecule has 0 N–H and O–H groups in total. The lowest BCUT2D eigenvalue weighted by molar-refractivity contribution is 0.0669. The summed E-state index contributed by atoms with van der Waals surface area (Å²) in [5.41, 5.74) is 2.28. The van der Waals surface area contributed by atoms with E-state index >= 15 is 0 Å². The second-order valence-corrected chi connectivity index (χ2v) is 7.26. The molecule has 3 heterocycles. The third-order valence-corrected chi connectivity index (χ3v) is 5.42. The molecule has 1 aliphatic rings. The number of nitrogens with zero attached hydrogens (tertiary/aromatic N) is 2. The van der Waals surface area contributed by atoms with Crippen LogP contribution >= 0.6 is 22.9 Å². The first-order valence-corrected chi connectivity index (χ1v) is 8.70. The third-order valence-electron chi connectivity index (χ3n) is 4.20. The lowest BCUT2D eigenvalue weighted by atomic mass is 10.00. The molecule has 3 nitrogen and oxygen atoms in total. The summed E-state index contributed by atoms with van der Waals surface area (Å²) < 4.78 is 2.87. The number of carbonyl (C=O) groups excluding carboxylic acids is 1. The van der Waals surface area contributed by atoms with E-state index in [0.717, 1.165) is 17.8 Å². The molecule has 0 aliphatic carbocycles. The van der Waals surface area contributed by atoms with Crippen molar-refractivity contribution in [3.8, 4) is 0 Å². The number of aromatic nitrogens is 1. The molecule has 1 unspecified atom stereocenters. The van der Waals surface area contributed by atoms with Crippen LogP contribution in [0.25, 0.3) is 0 Å². The summed E-state index contributed by atoms with van der Waals surface area (Å²) in [6, 6.07) is 17.9. The van der Waals surface area contributed by atoms with Crippen LogP contribution in [0.3, 0.4) is 0 Å². The van der Waals surface area contributed by atoms with E-state index in [9.17, 15) is 4.79 Å². The number of thiophene rings is 1. The van der Waals surface area contributed by atoms with E-state index < -0.39 is 0 Å². The van der Waals surface area contributed by atoms with Gasteiger partial charge >= 0.3 is 0 Å². The third kappa shape index (κ3) is 2.58. The average Bonchev–Trinajstić information content (AvgIpc) is 3.22. The molecule has 1 aliphatic heterocycles. The maximum absolute atomic E-state index is 13.0. The van der Waals surface area contributed by atoms with Crippen LogP contribution < -0.4 is 0 Å². The second-order valence-electron chi connectivity index (χ2n) is 5.54. The fraction of sp³-hybridized carbons (Fsp3) is 0.167. The summed E-state index contributed by atoms with van der Waals surface area (Å²) in [4.78, 5) is 15.6. The standard InChI is InChI=1S/C18H15ClN2OS/c19-16-9-8-15(23-16)18(22)21-12-11-20-10-4-7-14(20)17(21)13-5-2-1-3-6-13/h1-10,17H,11-12H2. The first kappa shape index (κ1) is 14.5. The molecule has 0 radical (unpaired) electrons. The minimum atomic E-state index is -0.0617. The van der Waals surface area contributed by atoms with Crippen LogP contribution in [-0.2, 0) is 6.54 Å². The van der Waals surface area contributed by atoms with Crippen molar-refractivity contribution in [3.05, 3.63) is 81.3 Å². The van der Waals surface area contributed by atoms with E-state index in [4.69, 9.17) is 11.6 Å². The van der Waals surface area contributed by atoms with E-state index in [-0.39, 0.29) is 11.9 Å². The number of amides is 1. The zero-order valence-electron chi connectivity index (χ0n) is 12.4. The Labute approximate surface area is 143 Å². The van der Waals surface area contributed by atoms with Crippen molar-refractivity contribution in [1.29, 1.82) is 0 Å². The molecule has 1 amide bonds. The Kier molecular flexibility index (Phi) is 3.71. The van der Waals surface area contributed by atoms with Crippen LogP contribution in [0.4, 0.5) is 0 Å². The quantitative estimate of drug-likeness (QED) is 0.675. The van der Waals surface area contributed by atoms with Gasteiger partial charge in [0, 0.05) is 25.0 Å². The van der Waals surface area contributed by atoms with E-state index in [0.29, 0.717) is 15.8 Å². The van der Waals surface area contributed by atoms with Crippen LogP contribution in [0.2, 0.25) is 4.34 Å². The van der Waals surface area contributed by atoms with Gasteiger partial charge in [-0.25, -0.2) is 0 Å². The van der Waals surface area contributed by atoms with Gasteiger partial charge in [0.1, 0.15) is 0 Å². The Morgan fingerprint density at radius 1 is 1.04 bits per heavy atom. The summed E-state index contributed by atoms with van der Waals surface area (Å²) in [5, 5.41) is 0. The van der Waals surface area contributed by atoms with Crippen LogP contribution in [0.1, 0.15) is 27.0 Å². The SMILES string of the molecule is O=C(c1ccc(Cl)s1)N1CCn2cccc2C1c1ccccc1. The Morgan fingerprint density at radius 3 is 2.61 bits per heavy atom. The summed E-state index contributed by atoms with van der Waals surface area (Å²) in [7, 11) is 0. The zero-order chi connectivity index (χ0) is 15.8. The number of halogens is 1. The monoisotopic (exact) mass is 342 g/mol. The largest absolute Gasteiger partial charge is 0.348 e. The van der Waals surface area contributed by atoms with Gasteiger partial charge in [-0.1, -0.05) is 41.9 Å². The van der Waals surface area contributed by atoms with Crippen molar-refractivity contribution in [2.24, 2.45) is 0 Å². The van der Waals surface area contributed by atoms with Crippen molar-refractivity contribution < 1.29 is 4.79 Å². The highest BCUT2D eigenvalue weighted by Crippen LogP contribution is 2.34. The fourth-order valence-electron chi connectivity index (χ4n) is 3.16. The molecule has 3 aromatic rings. The topological polar surface area (TPSA) is 25.2 Å². The first-order valence-electron chi connectivity index (χ1n) is 7.50. The molecule has 0 saturated carbocycles. The minimum Gasteiger partial charge on any atom is -0.348 e. The smallest absolute Gasteiger partial charge is 0.264 e. The maximum atomic E-state index is 13.0. The summed E-state index contributed by atoms with van der Waals surface area (Å²) in [6.45, 7) is 1.51. The number of benzene rings is 1. The summed E-state index contributed by atoms with van der Waals surface area (Å²) >= 11 is 7.34. The first-order chi connectivity index (χ1) is 11.2. The molecule has 23 heavy (non-hydrogen) atoms. The number of fused-ring (bicyclic) bond motifs is 1. The number of hydrogen-bond acceptors (Lipinski definition) is 2. The molecular formula is C18H15ClN2OS. The molecule has 1 aromatic carbocycles. The molecule has 0 bridgehead atoms. The van der Waals surface area contributed by atoms with Gasteiger partial charge < -0.3 is 9.47 Å². The van der Waals surface area contributed by atoms with Crippen molar-refractivity contribution in [2.75, 3.05) is 6.54 Å². The number of carbonyl (C=O) groups is 1. The molecule has 4 rings (SSSR count). The highest BCUT2D eigenvalue weighted by atomic mass is 35.5. The lowest BCUT2D eigenvalue weighted by Crippen LogP contribution is -2.42. The normalized spacial score (nSPS) is 17.1. The van der Waals surface area contributed by atoms with Gasteiger partial charge in [-0.05, 0) is 29.8 Å². The van der Waals surface area contributed by atoms with E-state index in [2.05, 4.69) is 29.0 Å². The second kappa shape index (κ2) is 5.87. The van der Waals surface area contributed by atoms with Gasteiger partial charge in [0.25, 0.3) is 5.91 Å². The molecule has 116 valence electrons. The molecule has 0 spiro atoms. The van der Waals surface area contributed by atoms with Crippen LogP contribution in [0.5, 0.6) is 0 Å². The fourth-order valence-corrected chi connectivity index (χ4v) is 4.16. The van der Waals surface area contributed by atoms with Crippen molar-refractivity contribution in [2.45, 2.75) is 12.6 Å². The van der Waals surface area contributed by atoms with Gasteiger partial charge in [0.15, 0.2) is 0 Å². The Balaban J connectivity index is 1.78. The molecule has 0 saturated heterocycles. The van der Waals surface area contributed by atoms with Gasteiger partial charge in [-0.3, -0.25) is 4.79 Å². The average molecular weight is 343 g/mol. The Morgan fingerprint density at radius 2 is 1.87 bits per heavy atom. The van der Waals surface area contributed by atoms with E-state index in [1.54, 1.807) is 6.07 Å². The predicted octanol–water partition coefficient (Wildman–Crippen LogP) is 4.45. The zero-order valence-corrected chi connectivity index (χ0v) is 13.9. The number of rotatable bonds is 2. The molecule has 5 heteroatoms. The number of hydrogen-bond donors (Lipinski definition) is 0. The Hall–Kier alpha value is -2.04. The summed E-state index contributed by atoms with van der Waals surface area (Å²) in [5.74, 6) is 0.0446. The predicted molar refractivity (Wildman–Crippen MR) is 93.1 cm³/mol. The minimum absolute atomic E-state index is 0.0446. The van der Waals surface area contributed by atoms with Crippen LogP contribution in [-0.4, -0.2) is 21.9 Å². The maximum Gasteiger partial charge on any atom is 0.264 e. The van der Waals surface area contributed by atoms with E-state index in [1.165, 1.54) is 11.3 Å². The molecule has 0 fully saturated rings. The van der Waals surface area contributed by atoms with Crippen molar-refractivity contribution in [3.63, 3.8) is 0 Å². The van der Waals surface area contributed by atoms with Gasteiger partial charge in [0.05, 0.1) is 15.3 Å². The van der Waals surface area contributed by atoms with Gasteiger partial charge in [-0.15, -0.1) is 11.3 Å². The van der Waals surface area contributed by atoms with Gasteiger partial charge in [0.2, 0.25) is 0 Å². The van der Waals surface area contributed by atoms with Crippen LogP contribution in [0, 0.1) is 0 Å². The lowest BCUT2D eigenvalue weighted by Gasteiger charge is -2.37. The van der Waals surface area contributed by atoms with Crippen molar-refractivity contribution in [1.82, 2.24) is 9.47 Å². The highest BCUT2D eigenvalue weighted by Gasteiger charge is 2.33. The van der Waals surface area contributed by atoms with Gasteiger partial charge in [-0.2, -0.15) is 0 Å². The molecule has 2 aromatic heterocycles. The molecule has 1 atom stereocenters. The highest BCUT2D eigenvalue weighted by molar-refractivity contribution is 7.17. The van der Waals surface area contributed by atoms with Crippen molar-refractivity contribution >= 4 is 28.8 Å². The van der Waals surface area contributed by atoms with E-state index in [1.807, 2.05) is 35.2 Å². The van der Waals surface area contributed by atoms with Crippen LogP contribution in [0.15, 0.2) is 60.8 Å². The molecular weight excluding hydrogens is 328 g/mol. The Bertz CT molecular complexity index is 840.